The van der Waals surface area contributed by atoms with Crippen LogP contribution >= 0.6 is 0 Å². The summed E-state index contributed by atoms with van der Waals surface area (Å²) < 4.78 is 0. The zero-order chi connectivity index (χ0) is 9.80. The Morgan fingerprint density at radius 2 is 1.40 bits per heavy atom. The molecule has 0 bridgehead atoms. The molecule has 78 valence electrons. The van der Waals surface area contributed by atoms with Gasteiger partial charge in [-0.1, -0.05) is 54.6 Å². The molecule has 15 heavy (non-hydrogen) atoms. The summed E-state index contributed by atoms with van der Waals surface area (Å²) in [6, 6.07) is 19.1. The fourth-order valence-corrected chi connectivity index (χ4v) is 1.62. The van der Waals surface area contributed by atoms with E-state index in [1.54, 1.807) is 0 Å². The van der Waals surface area contributed by atoms with Gasteiger partial charge in [0.1, 0.15) is 0 Å². The maximum Gasteiger partial charge on any atom is -0.00232 e. The second kappa shape index (κ2) is 5.52. The molecule has 0 atom stereocenters. The molecule has 0 nitrogen and oxygen atoms in total. The summed E-state index contributed by atoms with van der Waals surface area (Å²) >= 11 is 0. The quantitative estimate of drug-likeness (QED) is 0.672. The third-order valence-electron chi connectivity index (χ3n) is 2.50. The van der Waals surface area contributed by atoms with Crippen LogP contribution in [-0.2, 0) is 6.42 Å². The van der Waals surface area contributed by atoms with Crippen molar-refractivity contribution in [1.29, 1.82) is 0 Å². The second-order valence-corrected chi connectivity index (χ2v) is 3.59. The first-order valence-electron chi connectivity index (χ1n) is 4.95. The van der Waals surface area contributed by atoms with Crippen molar-refractivity contribution in [3.63, 3.8) is 0 Å². The third-order valence-corrected chi connectivity index (χ3v) is 2.50. The molecule has 2 rings (SSSR count). The van der Waals surface area contributed by atoms with Crippen LogP contribution in [0.1, 0.15) is 16.7 Å². The van der Waals surface area contributed by atoms with Crippen LogP contribution in [0.25, 0.3) is 0 Å². The van der Waals surface area contributed by atoms with Crippen LogP contribution in [-0.4, -0.2) is 11.0 Å². The fraction of sp³-hybridized carbons (Fsp3) is 0.143. The predicted octanol–water partition coefficient (Wildman–Crippen LogP) is 2.13. The molecule has 0 radical (unpaired) electrons. The van der Waals surface area contributed by atoms with E-state index in [9.17, 15) is 0 Å². The maximum absolute atomic E-state index is 2.20. The van der Waals surface area contributed by atoms with Crippen molar-refractivity contribution in [2.75, 3.05) is 0 Å². The highest BCUT2D eigenvalue weighted by molar-refractivity contribution is 5.75. The molecule has 0 unspecified atom stereocenters. The zero-order valence-corrected chi connectivity index (χ0v) is 8.40. The number of rotatable bonds is 2. The average molecular weight is 214 g/mol. The predicted molar refractivity (Wildman–Crippen MR) is 71.8 cm³/mol. The van der Waals surface area contributed by atoms with E-state index in [0.29, 0.717) is 0 Å². The number of aryl methyl sites for hydroxylation is 1. The molecule has 0 aliphatic rings. The number of hydrogen-bond acceptors (Lipinski definition) is 0. The van der Waals surface area contributed by atoms with Gasteiger partial charge < -0.3 is 0 Å². The Labute approximate surface area is 96.0 Å². The van der Waals surface area contributed by atoms with Crippen LogP contribution in [0, 0.1) is 6.92 Å². The molecule has 0 saturated carbocycles. The molecule has 0 spiro atoms. The van der Waals surface area contributed by atoms with Gasteiger partial charge in [-0.2, -0.15) is 0 Å². The van der Waals surface area contributed by atoms with Gasteiger partial charge in [-0.05, 0) is 41.0 Å². The third kappa shape index (κ3) is 3.06. The standard InChI is InChI=1S/C14H14.H4Si/c1-12-7-5-6-10-14(12)11-13-8-3-2-4-9-13;/h2-10H,11H2,1H3;1H4. The van der Waals surface area contributed by atoms with Gasteiger partial charge >= 0.3 is 0 Å². The number of hydrogen-bond donors (Lipinski definition) is 0. The molecule has 0 aliphatic carbocycles. The van der Waals surface area contributed by atoms with Gasteiger partial charge in [-0.3, -0.25) is 0 Å². The molecule has 0 aromatic heterocycles. The summed E-state index contributed by atoms with van der Waals surface area (Å²) in [6.07, 6.45) is 1.04. The molecule has 0 aliphatic heterocycles. The Morgan fingerprint density at radius 3 is 2.07 bits per heavy atom. The SMILES string of the molecule is Cc1ccccc1Cc1ccccc1.[SiH4]. The van der Waals surface area contributed by atoms with Crippen LogP contribution in [0.5, 0.6) is 0 Å². The molecule has 2 aromatic carbocycles. The van der Waals surface area contributed by atoms with Gasteiger partial charge in [-0.15, -0.1) is 0 Å². The fourth-order valence-electron chi connectivity index (χ4n) is 1.62. The van der Waals surface area contributed by atoms with Crippen LogP contribution in [0.2, 0.25) is 0 Å². The van der Waals surface area contributed by atoms with E-state index in [0.717, 1.165) is 6.42 Å². The molecule has 0 saturated heterocycles. The number of benzene rings is 2. The van der Waals surface area contributed by atoms with Crippen molar-refractivity contribution in [3.05, 3.63) is 71.3 Å². The van der Waals surface area contributed by atoms with Crippen LogP contribution in [0.4, 0.5) is 0 Å². The van der Waals surface area contributed by atoms with Gasteiger partial charge in [0.05, 0.1) is 0 Å². The molecule has 0 N–H and O–H groups in total. The Kier molecular flexibility index (Phi) is 4.31. The highest BCUT2D eigenvalue weighted by Crippen LogP contribution is 2.12. The Bertz CT molecular complexity index is 407. The van der Waals surface area contributed by atoms with Crippen molar-refractivity contribution in [2.24, 2.45) is 0 Å². The largest absolute Gasteiger partial charge is 0.0622 e. The Hall–Kier alpha value is -1.34. The van der Waals surface area contributed by atoms with E-state index in [1.807, 2.05) is 0 Å². The topological polar surface area (TPSA) is 0 Å². The van der Waals surface area contributed by atoms with E-state index < -0.39 is 0 Å². The summed E-state index contributed by atoms with van der Waals surface area (Å²) in [4.78, 5) is 0. The second-order valence-electron chi connectivity index (χ2n) is 3.59. The van der Waals surface area contributed by atoms with E-state index in [1.165, 1.54) is 16.7 Å². The smallest absolute Gasteiger partial charge is 0.00232 e. The van der Waals surface area contributed by atoms with Gasteiger partial charge in [-0.25, -0.2) is 0 Å². The molecule has 0 amide bonds. The first-order chi connectivity index (χ1) is 6.86. The maximum atomic E-state index is 2.20. The van der Waals surface area contributed by atoms with Crippen LogP contribution in [0.15, 0.2) is 54.6 Å². The van der Waals surface area contributed by atoms with Crippen molar-refractivity contribution >= 4 is 11.0 Å². The van der Waals surface area contributed by atoms with E-state index in [2.05, 4.69) is 61.5 Å². The summed E-state index contributed by atoms with van der Waals surface area (Å²) in [7, 11) is 0. The van der Waals surface area contributed by atoms with Gasteiger partial charge in [0, 0.05) is 0 Å². The lowest BCUT2D eigenvalue weighted by Crippen LogP contribution is -1.90. The Balaban J connectivity index is 0.00000112. The minimum absolute atomic E-state index is 0. The summed E-state index contributed by atoms with van der Waals surface area (Å²) in [5.74, 6) is 0. The lowest BCUT2D eigenvalue weighted by molar-refractivity contribution is 1.16. The first kappa shape index (κ1) is 11.7. The lowest BCUT2D eigenvalue weighted by Gasteiger charge is -2.04. The molecule has 0 heterocycles. The molecule has 0 fully saturated rings. The first-order valence-corrected chi connectivity index (χ1v) is 4.95. The zero-order valence-electron chi connectivity index (χ0n) is 8.40. The van der Waals surface area contributed by atoms with Crippen LogP contribution in [0.3, 0.4) is 0 Å². The lowest BCUT2D eigenvalue weighted by atomic mass is 10.0. The molecular weight excluding hydrogens is 196 g/mol. The Morgan fingerprint density at radius 1 is 0.800 bits per heavy atom. The minimum atomic E-state index is 0. The van der Waals surface area contributed by atoms with Gasteiger partial charge in [0.2, 0.25) is 0 Å². The average Bonchev–Trinajstić information content (AvgIpc) is 2.23. The normalized spacial score (nSPS) is 9.40. The van der Waals surface area contributed by atoms with Crippen LogP contribution < -0.4 is 0 Å². The van der Waals surface area contributed by atoms with E-state index >= 15 is 0 Å². The highest BCUT2D eigenvalue weighted by Gasteiger charge is 1.97. The van der Waals surface area contributed by atoms with Crippen molar-refractivity contribution in [3.8, 4) is 0 Å². The summed E-state index contributed by atoms with van der Waals surface area (Å²) in [5, 5.41) is 0. The summed E-state index contributed by atoms with van der Waals surface area (Å²) in [6.45, 7) is 2.16. The van der Waals surface area contributed by atoms with Gasteiger partial charge in [0.15, 0.2) is 0 Å². The summed E-state index contributed by atoms with van der Waals surface area (Å²) in [5.41, 5.74) is 4.16. The monoisotopic (exact) mass is 214 g/mol. The van der Waals surface area contributed by atoms with E-state index in [-0.39, 0.29) is 11.0 Å². The molecule has 2 aromatic rings. The van der Waals surface area contributed by atoms with Crippen molar-refractivity contribution in [2.45, 2.75) is 13.3 Å². The molecule has 1 heteroatoms. The van der Waals surface area contributed by atoms with Gasteiger partial charge in [0.25, 0.3) is 0 Å². The minimum Gasteiger partial charge on any atom is -0.0622 e. The highest BCUT2D eigenvalue weighted by atomic mass is 28.1. The van der Waals surface area contributed by atoms with Crippen molar-refractivity contribution < 1.29 is 0 Å². The van der Waals surface area contributed by atoms with Crippen molar-refractivity contribution in [1.82, 2.24) is 0 Å². The van der Waals surface area contributed by atoms with E-state index in [4.69, 9.17) is 0 Å². The molecular formula is C14H18Si.